The van der Waals surface area contributed by atoms with E-state index in [0.717, 1.165) is 23.7 Å². The lowest BCUT2D eigenvalue weighted by Crippen LogP contribution is -2.28. The first-order valence-corrected chi connectivity index (χ1v) is 8.50. The monoisotopic (exact) mass is 345 g/mol. The van der Waals surface area contributed by atoms with Crippen LogP contribution in [0.15, 0.2) is 23.1 Å². The van der Waals surface area contributed by atoms with Crippen LogP contribution in [-0.2, 0) is 4.79 Å². The van der Waals surface area contributed by atoms with E-state index in [2.05, 4.69) is 5.92 Å². The number of carbonyl (C=O) groups excluding carboxylic acids is 2. The molecule has 0 atom stereocenters. The van der Waals surface area contributed by atoms with Gasteiger partial charge in [0.1, 0.15) is 6.61 Å². The van der Waals surface area contributed by atoms with Crippen molar-refractivity contribution in [3.8, 4) is 23.8 Å². The maximum Gasteiger partial charge on any atom is 0.293 e. The first-order valence-electron chi connectivity index (χ1n) is 7.69. The molecule has 1 fully saturated rings. The van der Waals surface area contributed by atoms with Gasteiger partial charge in [-0.1, -0.05) is 18.9 Å². The standard InChI is InChI=1S/C18H19NO4S/c1-4-9-19-17(20)16(24-18(19)21)12-13-7-8-14(23-10-5-2)15(11-13)22-6-3/h2,7-8,11-12H,4,6,9-10H2,1,3H3/b16-12+. The Morgan fingerprint density at radius 3 is 2.71 bits per heavy atom. The lowest BCUT2D eigenvalue weighted by molar-refractivity contribution is -0.122. The SMILES string of the molecule is C#CCOc1ccc(/C=C2/SC(=O)N(CCC)C2=O)cc1OCC. The molecule has 0 radical (unpaired) electrons. The maximum absolute atomic E-state index is 12.3. The third-order valence-corrected chi connectivity index (χ3v) is 4.10. The number of nitrogens with zero attached hydrogens (tertiary/aromatic N) is 1. The minimum absolute atomic E-state index is 0.148. The van der Waals surface area contributed by atoms with Gasteiger partial charge in [-0.25, -0.2) is 0 Å². The summed E-state index contributed by atoms with van der Waals surface area (Å²) in [4.78, 5) is 25.8. The van der Waals surface area contributed by atoms with Crippen LogP contribution in [0.25, 0.3) is 6.08 Å². The van der Waals surface area contributed by atoms with E-state index < -0.39 is 0 Å². The van der Waals surface area contributed by atoms with Gasteiger partial charge in [0.2, 0.25) is 0 Å². The van der Waals surface area contributed by atoms with Crippen molar-refractivity contribution >= 4 is 29.0 Å². The normalized spacial score (nSPS) is 15.7. The van der Waals surface area contributed by atoms with Crippen LogP contribution in [0.5, 0.6) is 11.5 Å². The number of hydrogen-bond donors (Lipinski definition) is 0. The molecule has 0 N–H and O–H groups in total. The van der Waals surface area contributed by atoms with Crippen molar-refractivity contribution in [3.63, 3.8) is 0 Å². The third-order valence-electron chi connectivity index (χ3n) is 3.20. The van der Waals surface area contributed by atoms with Crippen molar-refractivity contribution in [1.82, 2.24) is 4.90 Å². The molecular weight excluding hydrogens is 326 g/mol. The molecule has 2 rings (SSSR count). The number of thioether (sulfide) groups is 1. The molecule has 1 aromatic rings. The highest BCUT2D eigenvalue weighted by Gasteiger charge is 2.34. The summed E-state index contributed by atoms with van der Waals surface area (Å²) in [6.45, 7) is 4.85. The summed E-state index contributed by atoms with van der Waals surface area (Å²) >= 11 is 0.954. The number of ether oxygens (including phenoxy) is 2. The predicted octanol–water partition coefficient (Wildman–Crippen LogP) is 3.54. The summed E-state index contributed by atoms with van der Waals surface area (Å²) in [6.07, 6.45) is 7.63. The number of benzene rings is 1. The molecule has 126 valence electrons. The van der Waals surface area contributed by atoms with Gasteiger partial charge < -0.3 is 9.47 Å². The number of imide groups is 1. The Balaban J connectivity index is 2.26. The van der Waals surface area contributed by atoms with E-state index in [-0.39, 0.29) is 17.8 Å². The Kier molecular flexibility index (Phi) is 6.33. The summed E-state index contributed by atoms with van der Waals surface area (Å²) in [5.41, 5.74) is 0.758. The highest BCUT2D eigenvalue weighted by molar-refractivity contribution is 8.18. The fourth-order valence-electron chi connectivity index (χ4n) is 2.19. The molecular formula is C18H19NO4S. The number of terminal acetylenes is 1. The topological polar surface area (TPSA) is 55.8 Å². The maximum atomic E-state index is 12.3. The van der Waals surface area contributed by atoms with E-state index in [0.29, 0.717) is 29.6 Å². The molecule has 0 unspecified atom stereocenters. The number of rotatable bonds is 7. The molecule has 1 aromatic carbocycles. The molecule has 1 aliphatic heterocycles. The lowest BCUT2D eigenvalue weighted by atomic mass is 10.2. The van der Waals surface area contributed by atoms with E-state index in [1.807, 2.05) is 13.8 Å². The van der Waals surface area contributed by atoms with Crippen LogP contribution in [0.4, 0.5) is 4.79 Å². The molecule has 0 spiro atoms. The summed E-state index contributed by atoms with van der Waals surface area (Å²) in [7, 11) is 0. The zero-order chi connectivity index (χ0) is 17.5. The van der Waals surface area contributed by atoms with Gasteiger partial charge in [0.05, 0.1) is 11.5 Å². The van der Waals surface area contributed by atoms with Crippen molar-refractivity contribution in [2.75, 3.05) is 19.8 Å². The average molecular weight is 345 g/mol. The Hall–Kier alpha value is -2.39. The van der Waals surface area contributed by atoms with Gasteiger partial charge in [-0.2, -0.15) is 0 Å². The van der Waals surface area contributed by atoms with Gasteiger partial charge in [0.15, 0.2) is 11.5 Å². The van der Waals surface area contributed by atoms with Crippen LogP contribution >= 0.6 is 11.8 Å². The highest BCUT2D eigenvalue weighted by atomic mass is 32.2. The second-order valence-corrected chi connectivity index (χ2v) is 5.96. The first kappa shape index (κ1) is 18.0. The van der Waals surface area contributed by atoms with Gasteiger partial charge in [-0.3, -0.25) is 14.5 Å². The lowest BCUT2D eigenvalue weighted by Gasteiger charge is -2.11. The summed E-state index contributed by atoms with van der Waals surface area (Å²) < 4.78 is 11.0. The Labute approximate surface area is 146 Å². The average Bonchev–Trinajstić information content (AvgIpc) is 2.82. The van der Waals surface area contributed by atoms with Crippen LogP contribution in [0.3, 0.4) is 0 Å². The van der Waals surface area contributed by atoms with Crippen molar-refractivity contribution in [1.29, 1.82) is 0 Å². The molecule has 1 saturated heterocycles. The summed E-state index contributed by atoms with van der Waals surface area (Å²) in [5, 5.41) is -0.230. The van der Waals surface area contributed by atoms with Gasteiger partial charge in [-0.05, 0) is 48.9 Å². The summed E-state index contributed by atoms with van der Waals surface area (Å²) in [5.74, 6) is 3.25. The first-order chi connectivity index (χ1) is 11.6. The number of carbonyl (C=O) groups is 2. The van der Waals surface area contributed by atoms with E-state index in [1.165, 1.54) is 4.90 Å². The second-order valence-electron chi connectivity index (χ2n) is 4.97. The van der Waals surface area contributed by atoms with Gasteiger partial charge >= 0.3 is 0 Å². The zero-order valence-electron chi connectivity index (χ0n) is 13.7. The molecule has 2 amide bonds. The molecule has 0 bridgehead atoms. The molecule has 6 heteroatoms. The van der Waals surface area contributed by atoms with Crippen molar-refractivity contribution in [2.45, 2.75) is 20.3 Å². The largest absolute Gasteiger partial charge is 0.490 e. The third kappa shape index (κ3) is 4.12. The van der Waals surface area contributed by atoms with Crippen molar-refractivity contribution < 1.29 is 19.1 Å². The van der Waals surface area contributed by atoms with Gasteiger partial charge in [0.25, 0.3) is 11.1 Å². The second kappa shape index (κ2) is 8.46. The molecule has 0 aliphatic carbocycles. The van der Waals surface area contributed by atoms with Crippen LogP contribution in [0, 0.1) is 12.3 Å². The Morgan fingerprint density at radius 2 is 2.04 bits per heavy atom. The van der Waals surface area contributed by atoms with E-state index in [4.69, 9.17) is 15.9 Å². The van der Waals surface area contributed by atoms with Gasteiger partial charge in [-0.15, -0.1) is 6.42 Å². The summed E-state index contributed by atoms with van der Waals surface area (Å²) in [6, 6.07) is 5.30. The Morgan fingerprint density at radius 1 is 1.25 bits per heavy atom. The fraction of sp³-hybridized carbons (Fsp3) is 0.333. The quantitative estimate of drug-likeness (QED) is 0.559. The van der Waals surface area contributed by atoms with E-state index in [9.17, 15) is 9.59 Å². The van der Waals surface area contributed by atoms with Crippen molar-refractivity contribution in [2.24, 2.45) is 0 Å². The molecule has 0 aromatic heterocycles. The van der Waals surface area contributed by atoms with Crippen LogP contribution in [0.2, 0.25) is 0 Å². The van der Waals surface area contributed by atoms with Crippen LogP contribution in [0.1, 0.15) is 25.8 Å². The molecule has 0 saturated carbocycles. The van der Waals surface area contributed by atoms with Crippen molar-refractivity contribution in [3.05, 3.63) is 28.7 Å². The minimum atomic E-state index is -0.252. The van der Waals surface area contributed by atoms with Crippen LogP contribution < -0.4 is 9.47 Å². The fourth-order valence-corrected chi connectivity index (χ4v) is 3.05. The number of amides is 2. The van der Waals surface area contributed by atoms with Gasteiger partial charge in [0, 0.05) is 6.54 Å². The van der Waals surface area contributed by atoms with Crippen LogP contribution in [-0.4, -0.2) is 35.8 Å². The molecule has 5 nitrogen and oxygen atoms in total. The smallest absolute Gasteiger partial charge is 0.293 e. The van der Waals surface area contributed by atoms with E-state index in [1.54, 1.807) is 24.3 Å². The molecule has 1 aliphatic rings. The minimum Gasteiger partial charge on any atom is -0.490 e. The molecule has 24 heavy (non-hydrogen) atoms. The Bertz CT molecular complexity index is 705. The van der Waals surface area contributed by atoms with E-state index >= 15 is 0 Å². The highest BCUT2D eigenvalue weighted by Crippen LogP contribution is 2.34. The zero-order valence-corrected chi connectivity index (χ0v) is 14.5. The number of hydrogen-bond acceptors (Lipinski definition) is 5. The predicted molar refractivity (Wildman–Crippen MR) is 94.9 cm³/mol. The molecule has 1 heterocycles.